The van der Waals surface area contributed by atoms with E-state index in [1.54, 1.807) is 0 Å². The Labute approximate surface area is 186 Å². The van der Waals surface area contributed by atoms with Crippen molar-refractivity contribution in [1.82, 2.24) is 4.90 Å². The summed E-state index contributed by atoms with van der Waals surface area (Å²) in [5.41, 5.74) is 2.43. The van der Waals surface area contributed by atoms with Crippen molar-refractivity contribution in [2.75, 3.05) is 0 Å². The van der Waals surface area contributed by atoms with Crippen molar-refractivity contribution in [2.45, 2.75) is 77.4 Å². The summed E-state index contributed by atoms with van der Waals surface area (Å²) in [6.45, 7) is 11.9. The van der Waals surface area contributed by atoms with E-state index in [4.69, 9.17) is 0 Å². The van der Waals surface area contributed by atoms with Gasteiger partial charge in [0.1, 0.15) is 0 Å². The van der Waals surface area contributed by atoms with Gasteiger partial charge in [0.15, 0.2) is 5.12 Å². The molecule has 0 heterocycles. The highest BCUT2D eigenvalue weighted by Gasteiger charge is 2.30. The standard InChI is InChI=1S/C26H37NO2S/c1-20(2)16-23(24(28)17-25(29)30-26(3,4)5)27(18-21-12-8-6-9-13-21)19-22-14-10-7-11-15-22/h6-15,20,23-24,28H,16-19H2,1-5H3/t23-,24+/m0/s1. The molecular formula is C26H37NO2S. The molecule has 2 atom stereocenters. The topological polar surface area (TPSA) is 40.5 Å². The van der Waals surface area contributed by atoms with E-state index in [0.29, 0.717) is 5.92 Å². The van der Waals surface area contributed by atoms with Crippen LogP contribution in [0.1, 0.15) is 58.6 Å². The van der Waals surface area contributed by atoms with Crippen LogP contribution >= 0.6 is 11.8 Å². The first-order chi connectivity index (χ1) is 14.1. The number of aliphatic hydroxyl groups excluding tert-OH is 1. The molecule has 0 fully saturated rings. The fourth-order valence-electron chi connectivity index (χ4n) is 3.65. The van der Waals surface area contributed by atoms with Crippen molar-refractivity contribution in [3.8, 4) is 0 Å². The number of rotatable bonds is 10. The minimum Gasteiger partial charge on any atom is -0.391 e. The molecule has 2 rings (SSSR count). The Kier molecular flexibility index (Phi) is 9.60. The molecule has 0 aromatic heterocycles. The maximum Gasteiger partial charge on any atom is 0.192 e. The Morgan fingerprint density at radius 2 is 1.40 bits per heavy atom. The number of nitrogens with zero attached hydrogens (tertiary/aromatic N) is 1. The summed E-state index contributed by atoms with van der Waals surface area (Å²) in [7, 11) is 0. The lowest BCUT2D eigenvalue weighted by Gasteiger charge is -2.36. The molecule has 2 aromatic carbocycles. The lowest BCUT2D eigenvalue weighted by atomic mass is 9.95. The molecule has 0 saturated carbocycles. The zero-order valence-corrected chi connectivity index (χ0v) is 19.9. The van der Waals surface area contributed by atoms with Gasteiger partial charge >= 0.3 is 0 Å². The van der Waals surface area contributed by atoms with Crippen molar-refractivity contribution in [3.63, 3.8) is 0 Å². The van der Waals surface area contributed by atoms with Gasteiger partial charge in [-0.15, -0.1) is 0 Å². The average Bonchev–Trinajstić information content (AvgIpc) is 2.65. The molecule has 0 amide bonds. The maximum atomic E-state index is 12.6. The van der Waals surface area contributed by atoms with E-state index in [2.05, 4.69) is 43.0 Å². The number of aliphatic hydroxyl groups is 1. The summed E-state index contributed by atoms with van der Waals surface area (Å²) < 4.78 is -0.141. The molecule has 3 nitrogen and oxygen atoms in total. The highest BCUT2D eigenvalue weighted by Crippen LogP contribution is 2.28. The summed E-state index contributed by atoms with van der Waals surface area (Å²) in [6, 6.07) is 20.6. The van der Waals surface area contributed by atoms with Crippen LogP contribution in [-0.2, 0) is 17.9 Å². The van der Waals surface area contributed by atoms with Crippen LogP contribution in [0.2, 0.25) is 0 Å². The third-order valence-electron chi connectivity index (χ3n) is 4.88. The highest BCUT2D eigenvalue weighted by molar-refractivity contribution is 8.14. The number of hydrogen-bond acceptors (Lipinski definition) is 4. The summed E-state index contributed by atoms with van der Waals surface area (Å²) in [5, 5.41) is 11.2. The van der Waals surface area contributed by atoms with Gasteiger partial charge in [0, 0.05) is 30.3 Å². The van der Waals surface area contributed by atoms with Crippen LogP contribution in [0, 0.1) is 5.92 Å². The zero-order valence-electron chi connectivity index (χ0n) is 19.0. The van der Waals surface area contributed by atoms with Crippen LogP contribution in [-0.4, -0.2) is 32.0 Å². The van der Waals surface area contributed by atoms with Crippen LogP contribution < -0.4 is 0 Å². The quantitative estimate of drug-likeness (QED) is 0.511. The Hall–Kier alpha value is -1.62. The van der Waals surface area contributed by atoms with Gasteiger partial charge in [-0.3, -0.25) is 9.69 Å². The van der Waals surface area contributed by atoms with E-state index in [1.165, 1.54) is 22.9 Å². The minimum atomic E-state index is -0.692. The van der Waals surface area contributed by atoms with Gasteiger partial charge in [0.2, 0.25) is 0 Å². The van der Waals surface area contributed by atoms with Crippen LogP contribution in [0.3, 0.4) is 0 Å². The molecule has 164 valence electrons. The van der Waals surface area contributed by atoms with Gasteiger partial charge in [0.25, 0.3) is 0 Å². The van der Waals surface area contributed by atoms with Gasteiger partial charge < -0.3 is 5.11 Å². The second kappa shape index (κ2) is 11.7. The Balaban J connectivity index is 2.25. The molecule has 4 heteroatoms. The second-order valence-electron chi connectivity index (χ2n) is 9.43. The molecule has 0 saturated heterocycles. The van der Waals surface area contributed by atoms with Crippen LogP contribution in [0.25, 0.3) is 0 Å². The number of hydrogen-bond donors (Lipinski definition) is 1. The fraction of sp³-hybridized carbons (Fsp3) is 0.500. The number of thioether (sulfide) groups is 1. The number of carbonyl (C=O) groups is 1. The van der Waals surface area contributed by atoms with Crippen LogP contribution in [0.15, 0.2) is 60.7 Å². The molecule has 0 aliphatic heterocycles. The molecule has 0 aliphatic rings. The Morgan fingerprint density at radius 3 is 1.80 bits per heavy atom. The fourth-order valence-corrected chi connectivity index (χ4v) is 4.59. The predicted octanol–water partition coefficient (Wildman–Crippen LogP) is 5.91. The number of benzene rings is 2. The van der Waals surface area contributed by atoms with E-state index in [9.17, 15) is 9.90 Å². The second-order valence-corrected chi connectivity index (χ2v) is 11.3. The molecule has 2 aromatic rings. The third-order valence-corrected chi connectivity index (χ3v) is 5.89. The van der Waals surface area contributed by atoms with E-state index < -0.39 is 6.10 Å². The zero-order chi connectivity index (χ0) is 22.1. The van der Waals surface area contributed by atoms with E-state index in [0.717, 1.165) is 19.5 Å². The van der Waals surface area contributed by atoms with Gasteiger partial charge in [-0.1, -0.05) is 107 Å². The van der Waals surface area contributed by atoms with Crippen LogP contribution in [0.4, 0.5) is 0 Å². The summed E-state index contributed by atoms with van der Waals surface area (Å²) in [5.74, 6) is 0.420. The van der Waals surface area contributed by atoms with Crippen molar-refractivity contribution in [1.29, 1.82) is 0 Å². The maximum absolute atomic E-state index is 12.6. The molecule has 0 bridgehead atoms. The van der Waals surface area contributed by atoms with Gasteiger partial charge in [-0.25, -0.2) is 0 Å². The summed E-state index contributed by atoms with van der Waals surface area (Å²) >= 11 is 1.32. The summed E-state index contributed by atoms with van der Waals surface area (Å²) in [6.07, 6.45) is 0.329. The number of carbonyl (C=O) groups excluding carboxylic acids is 1. The molecule has 0 radical (unpaired) electrons. The average molecular weight is 428 g/mol. The highest BCUT2D eigenvalue weighted by atomic mass is 32.2. The van der Waals surface area contributed by atoms with Crippen molar-refractivity contribution >= 4 is 16.9 Å². The Bertz CT molecular complexity index is 714. The molecule has 0 aliphatic carbocycles. The third kappa shape index (κ3) is 9.03. The van der Waals surface area contributed by atoms with Crippen LogP contribution in [0.5, 0.6) is 0 Å². The monoisotopic (exact) mass is 427 g/mol. The first-order valence-electron chi connectivity index (χ1n) is 10.9. The van der Waals surface area contributed by atoms with E-state index in [1.807, 2.05) is 57.2 Å². The minimum absolute atomic E-state index is 0.0585. The molecule has 30 heavy (non-hydrogen) atoms. The van der Waals surface area contributed by atoms with Gasteiger partial charge in [-0.2, -0.15) is 0 Å². The lowest BCUT2D eigenvalue weighted by molar-refractivity contribution is -0.114. The summed E-state index contributed by atoms with van der Waals surface area (Å²) in [4.78, 5) is 14.9. The first-order valence-corrected chi connectivity index (χ1v) is 11.7. The molecular weight excluding hydrogens is 390 g/mol. The van der Waals surface area contributed by atoms with Gasteiger partial charge in [-0.05, 0) is 23.5 Å². The van der Waals surface area contributed by atoms with E-state index >= 15 is 0 Å². The molecule has 0 spiro atoms. The van der Waals surface area contributed by atoms with E-state index in [-0.39, 0.29) is 22.3 Å². The van der Waals surface area contributed by atoms with Crippen molar-refractivity contribution in [2.24, 2.45) is 5.92 Å². The molecule has 0 unspecified atom stereocenters. The predicted molar refractivity (Wildman–Crippen MR) is 128 cm³/mol. The lowest BCUT2D eigenvalue weighted by Crippen LogP contribution is -2.44. The first kappa shape index (κ1) is 24.6. The Morgan fingerprint density at radius 1 is 0.933 bits per heavy atom. The van der Waals surface area contributed by atoms with Crippen molar-refractivity contribution in [3.05, 3.63) is 71.8 Å². The normalized spacial score (nSPS) is 14.1. The van der Waals surface area contributed by atoms with Gasteiger partial charge in [0.05, 0.1) is 6.10 Å². The SMILES string of the molecule is CC(C)C[C@@H]([C@H](O)CC(=O)SC(C)(C)C)N(Cc1ccccc1)Cc1ccccc1. The molecule has 1 N–H and O–H groups in total. The van der Waals surface area contributed by atoms with Crippen molar-refractivity contribution < 1.29 is 9.90 Å². The smallest absolute Gasteiger partial charge is 0.192 e. The largest absolute Gasteiger partial charge is 0.391 e.